The van der Waals surface area contributed by atoms with E-state index in [2.05, 4.69) is 5.32 Å². The molecular formula is C10H12ClNO4S2. The van der Waals surface area contributed by atoms with E-state index in [0.29, 0.717) is 4.34 Å². The quantitative estimate of drug-likeness (QED) is 0.828. The zero-order valence-corrected chi connectivity index (χ0v) is 11.9. The Kier molecular flexibility index (Phi) is 5.77. The molecule has 0 spiro atoms. The van der Waals surface area contributed by atoms with Gasteiger partial charge in [-0.2, -0.15) is 0 Å². The van der Waals surface area contributed by atoms with E-state index in [9.17, 15) is 13.8 Å². The van der Waals surface area contributed by atoms with Crippen LogP contribution < -0.4 is 5.32 Å². The standard InChI is InChI=1S/C10H12ClNO4S2/c1-6(13)12-8(10(14)15)5-18(16)4-7-2-3-9(11)17-7/h2-3,8H,4-5H2,1H3,(H,12,13)(H,14,15)/t8-,18?/m0/s1. The van der Waals surface area contributed by atoms with Crippen LogP contribution in [0.4, 0.5) is 0 Å². The highest BCUT2D eigenvalue weighted by Gasteiger charge is 2.21. The van der Waals surface area contributed by atoms with Gasteiger partial charge in [0.15, 0.2) is 0 Å². The fourth-order valence-corrected chi connectivity index (χ4v) is 3.89. The second kappa shape index (κ2) is 6.86. The van der Waals surface area contributed by atoms with Gasteiger partial charge in [0.2, 0.25) is 5.91 Å². The van der Waals surface area contributed by atoms with Crippen LogP contribution in [0.1, 0.15) is 11.8 Å². The smallest absolute Gasteiger partial charge is 0.327 e. The normalized spacial score (nSPS) is 13.9. The van der Waals surface area contributed by atoms with Gasteiger partial charge < -0.3 is 10.4 Å². The van der Waals surface area contributed by atoms with Gasteiger partial charge in [-0.25, -0.2) is 4.79 Å². The summed E-state index contributed by atoms with van der Waals surface area (Å²) in [4.78, 5) is 22.5. The minimum absolute atomic E-state index is 0.121. The number of carbonyl (C=O) groups excluding carboxylic acids is 1. The Balaban J connectivity index is 2.56. The molecule has 100 valence electrons. The number of halogens is 1. The van der Waals surface area contributed by atoms with Crippen molar-refractivity contribution in [3.63, 3.8) is 0 Å². The third kappa shape index (κ3) is 5.16. The van der Waals surface area contributed by atoms with Gasteiger partial charge in [-0.1, -0.05) is 11.6 Å². The molecule has 2 N–H and O–H groups in total. The zero-order chi connectivity index (χ0) is 13.7. The van der Waals surface area contributed by atoms with Crippen LogP contribution in [-0.2, 0) is 26.1 Å². The molecule has 0 aliphatic carbocycles. The predicted octanol–water partition coefficient (Wildman–Crippen LogP) is 1.24. The van der Waals surface area contributed by atoms with Gasteiger partial charge >= 0.3 is 5.97 Å². The molecule has 0 aliphatic heterocycles. The predicted molar refractivity (Wildman–Crippen MR) is 71.3 cm³/mol. The number of carboxylic acids is 1. The monoisotopic (exact) mass is 309 g/mol. The highest BCUT2D eigenvalue weighted by atomic mass is 35.5. The van der Waals surface area contributed by atoms with Crippen molar-refractivity contribution in [3.8, 4) is 0 Å². The van der Waals surface area contributed by atoms with Crippen LogP contribution in [0.15, 0.2) is 12.1 Å². The minimum atomic E-state index is -1.37. The Morgan fingerprint density at radius 3 is 2.67 bits per heavy atom. The minimum Gasteiger partial charge on any atom is -0.480 e. The summed E-state index contributed by atoms with van der Waals surface area (Å²) in [5, 5.41) is 11.1. The molecule has 0 aliphatic rings. The van der Waals surface area contributed by atoms with Crippen molar-refractivity contribution in [1.82, 2.24) is 5.32 Å². The summed E-state index contributed by atoms with van der Waals surface area (Å²) in [5.41, 5.74) is 0. The van der Waals surface area contributed by atoms with Crippen LogP contribution in [0.3, 0.4) is 0 Å². The van der Waals surface area contributed by atoms with Crippen LogP contribution in [0.5, 0.6) is 0 Å². The molecule has 8 heteroatoms. The molecule has 1 unspecified atom stereocenters. The van der Waals surface area contributed by atoms with Crippen molar-refractivity contribution in [1.29, 1.82) is 0 Å². The first kappa shape index (κ1) is 15.1. The van der Waals surface area contributed by atoms with Crippen LogP contribution in [0.2, 0.25) is 4.34 Å². The maximum atomic E-state index is 11.8. The van der Waals surface area contributed by atoms with E-state index in [0.717, 1.165) is 4.88 Å². The van der Waals surface area contributed by atoms with E-state index in [4.69, 9.17) is 16.7 Å². The van der Waals surface area contributed by atoms with Crippen LogP contribution in [0, 0.1) is 0 Å². The number of carboxylic acid groups (broad SMARTS) is 1. The first-order chi connectivity index (χ1) is 8.38. The van der Waals surface area contributed by atoms with E-state index in [1.54, 1.807) is 12.1 Å². The zero-order valence-electron chi connectivity index (χ0n) is 9.51. The largest absolute Gasteiger partial charge is 0.480 e. The average Bonchev–Trinajstić information content (AvgIpc) is 2.62. The van der Waals surface area contributed by atoms with E-state index in [-0.39, 0.29) is 11.5 Å². The number of aliphatic carboxylic acids is 1. The van der Waals surface area contributed by atoms with Crippen molar-refractivity contribution >= 4 is 45.6 Å². The molecule has 1 aromatic rings. The third-order valence-corrected chi connectivity index (χ3v) is 4.71. The van der Waals surface area contributed by atoms with E-state index < -0.39 is 28.7 Å². The number of thiophene rings is 1. The molecule has 0 saturated heterocycles. The van der Waals surface area contributed by atoms with Gasteiger partial charge in [0.05, 0.1) is 15.8 Å². The molecule has 18 heavy (non-hydrogen) atoms. The molecular weight excluding hydrogens is 298 g/mol. The maximum Gasteiger partial charge on any atom is 0.327 e. The Morgan fingerprint density at radius 2 is 2.22 bits per heavy atom. The third-order valence-electron chi connectivity index (χ3n) is 1.96. The summed E-state index contributed by atoms with van der Waals surface area (Å²) < 4.78 is 12.4. The van der Waals surface area contributed by atoms with Crippen molar-refractivity contribution in [2.45, 2.75) is 18.7 Å². The fraction of sp³-hybridized carbons (Fsp3) is 0.400. The van der Waals surface area contributed by atoms with Crippen LogP contribution in [0.25, 0.3) is 0 Å². The lowest BCUT2D eigenvalue weighted by Gasteiger charge is -2.12. The molecule has 0 bridgehead atoms. The second-order valence-electron chi connectivity index (χ2n) is 3.55. The molecule has 0 aromatic carbocycles. The lowest BCUT2D eigenvalue weighted by atomic mass is 10.3. The molecule has 0 fully saturated rings. The lowest BCUT2D eigenvalue weighted by molar-refractivity contribution is -0.140. The van der Waals surface area contributed by atoms with Crippen LogP contribution in [-0.4, -0.2) is 33.0 Å². The number of nitrogens with one attached hydrogen (secondary N) is 1. The molecule has 1 aromatic heterocycles. The highest BCUT2D eigenvalue weighted by Crippen LogP contribution is 2.22. The topological polar surface area (TPSA) is 83.5 Å². The highest BCUT2D eigenvalue weighted by molar-refractivity contribution is 7.84. The summed E-state index contributed by atoms with van der Waals surface area (Å²) in [6, 6.07) is 2.32. The van der Waals surface area contributed by atoms with Gasteiger partial charge in [0.25, 0.3) is 0 Å². The van der Waals surface area contributed by atoms with Gasteiger partial charge in [-0.15, -0.1) is 11.3 Å². The summed E-state index contributed by atoms with van der Waals surface area (Å²) >= 11 is 7.04. The first-order valence-electron chi connectivity index (χ1n) is 4.97. The van der Waals surface area contributed by atoms with Gasteiger partial charge in [-0.05, 0) is 12.1 Å². The summed E-state index contributed by atoms with van der Waals surface area (Å²) in [7, 11) is -1.37. The van der Waals surface area contributed by atoms with E-state index in [1.165, 1.54) is 18.3 Å². The Hall–Kier alpha value is -0.920. The Labute approximate surface area is 116 Å². The Bertz CT molecular complexity index is 474. The molecule has 2 atom stereocenters. The average molecular weight is 310 g/mol. The Morgan fingerprint density at radius 1 is 1.56 bits per heavy atom. The summed E-state index contributed by atoms with van der Waals surface area (Å²) in [5.74, 6) is -1.54. The fourth-order valence-electron chi connectivity index (χ4n) is 1.25. The number of hydrogen-bond acceptors (Lipinski definition) is 4. The lowest BCUT2D eigenvalue weighted by Crippen LogP contribution is -2.43. The molecule has 1 rings (SSSR count). The summed E-state index contributed by atoms with van der Waals surface area (Å²) in [6.45, 7) is 1.22. The number of amides is 1. The molecule has 5 nitrogen and oxygen atoms in total. The molecule has 0 saturated carbocycles. The number of hydrogen-bond donors (Lipinski definition) is 2. The van der Waals surface area contributed by atoms with Crippen molar-refractivity contribution in [2.24, 2.45) is 0 Å². The maximum absolute atomic E-state index is 11.8. The number of rotatable bonds is 6. The van der Waals surface area contributed by atoms with Gasteiger partial charge in [-0.3, -0.25) is 9.00 Å². The molecule has 1 heterocycles. The van der Waals surface area contributed by atoms with Crippen molar-refractivity contribution < 1.29 is 18.9 Å². The molecule has 1 amide bonds. The second-order valence-corrected chi connectivity index (χ2v) is 6.85. The van der Waals surface area contributed by atoms with Crippen LogP contribution >= 0.6 is 22.9 Å². The van der Waals surface area contributed by atoms with Gasteiger partial charge in [0, 0.05) is 22.6 Å². The summed E-state index contributed by atoms with van der Waals surface area (Å²) in [6.07, 6.45) is 0. The van der Waals surface area contributed by atoms with E-state index >= 15 is 0 Å². The van der Waals surface area contributed by atoms with Crippen molar-refractivity contribution in [3.05, 3.63) is 21.3 Å². The SMILES string of the molecule is CC(=O)N[C@@H](CS(=O)Cc1ccc(Cl)s1)C(=O)O. The van der Waals surface area contributed by atoms with E-state index in [1.807, 2.05) is 0 Å². The van der Waals surface area contributed by atoms with Gasteiger partial charge in [0.1, 0.15) is 6.04 Å². The molecule has 0 radical (unpaired) electrons. The first-order valence-corrected chi connectivity index (χ1v) is 7.66. The number of carbonyl (C=O) groups is 2. The van der Waals surface area contributed by atoms with Crippen molar-refractivity contribution in [2.75, 3.05) is 5.75 Å².